The molecule has 3 N–H and O–H groups in total. The first-order chi connectivity index (χ1) is 7.72. The quantitative estimate of drug-likeness (QED) is 0.800. The summed E-state index contributed by atoms with van der Waals surface area (Å²) in [5.74, 6) is 0.820. The molecule has 0 aromatic heterocycles. The van der Waals surface area contributed by atoms with Crippen LogP contribution in [0.5, 0.6) is 0 Å². The number of rotatable bonds is 2. The molecule has 2 unspecified atom stereocenters. The Morgan fingerprint density at radius 3 is 3.00 bits per heavy atom. The molecule has 1 aliphatic rings. The summed E-state index contributed by atoms with van der Waals surface area (Å²) in [7, 11) is 0. The zero-order valence-electron chi connectivity index (χ0n) is 9.67. The number of nitrogens with two attached hydrogens (primary N) is 1. The van der Waals surface area contributed by atoms with Crippen LogP contribution >= 0.6 is 0 Å². The summed E-state index contributed by atoms with van der Waals surface area (Å²) in [5, 5.41) is 3.38. The van der Waals surface area contributed by atoms with E-state index in [1.165, 1.54) is 5.56 Å². The monoisotopic (exact) mass is 222 g/mol. The SMILES string of the molecule is Cc1cc(C2CNCCC2CN)ccc1F. The van der Waals surface area contributed by atoms with E-state index in [2.05, 4.69) is 5.32 Å². The van der Waals surface area contributed by atoms with Crippen LogP contribution in [0.25, 0.3) is 0 Å². The van der Waals surface area contributed by atoms with E-state index < -0.39 is 0 Å². The zero-order valence-corrected chi connectivity index (χ0v) is 9.67. The van der Waals surface area contributed by atoms with Crippen molar-refractivity contribution in [3.63, 3.8) is 0 Å². The Morgan fingerprint density at radius 1 is 1.50 bits per heavy atom. The summed E-state index contributed by atoms with van der Waals surface area (Å²) in [4.78, 5) is 0. The average Bonchev–Trinajstić information content (AvgIpc) is 2.32. The van der Waals surface area contributed by atoms with Gasteiger partial charge in [0.25, 0.3) is 0 Å². The third kappa shape index (κ3) is 2.25. The van der Waals surface area contributed by atoms with Gasteiger partial charge >= 0.3 is 0 Å². The fourth-order valence-corrected chi connectivity index (χ4v) is 2.48. The summed E-state index contributed by atoms with van der Waals surface area (Å²) in [5.41, 5.74) is 7.73. The maximum atomic E-state index is 13.2. The van der Waals surface area contributed by atoms with Crippen LogP contribution in [0.15, 0.2) is 18.2 Å². The first-order valence-electron chi connectivity index (χ1n) is 5.89. The number of nitrogens with one attached hydrogen (secondary N) is 1. The molecule has 2 atom stereocenters. The molecule has 0 amide bonds. The van der Waals surface area contributed by atoms with Crippen LogP contribution in [0.1, 0.15) is 23.5 Å². The topological polar surface area (TPSA) is 38.0 Å². The van der Waals surface area contributed by atoms with Crippen LogP contribution in [0.2, 0.25) is 0 Å². The predicted octanol–water partition coefficient (Wildman–Crippen LogP) is 1.79. The van der Waals surface area contributed by atoms with Gasteiger partial charge in [-0.2, -0.15) is 0 Å². The molecule has 1 aromatic carbocycles. The maximum Gasteiger partial charge on any atom is 0.126 e. The molecule has 2 rings (SSSR count). The standard InChI is InChI=1S/C13H19FN2/c1-9-6-10(2-3-13(9)14)12-8-16-5-4-11(12)7-15/h2-3,6,11-12,16H,4-5,7-8,15H2,1H3. The van der Waals surface area contributed by atoms with Crippen molar-refractivity contribution in [3.8, 4) is 0 Å². The molecule has 0 radical (unpaired) electrons. The molecular formula is C13H19FN2. The van der Waals surface area contributed by atoms with Crippen molar-refractivity contribution in [2.45, 2.75) is 19.3 Å². The van der Waals surface area contributed by atoms with Crippen LogP contribution in [0.4, 0.5) is 4.39 Å². The second-order valence-electron chi connectivity index (χ2n) is 4.60. The van der Waals surface area contributed by atoms with Gasteiger partial charge in [-0.05, 0) is 49.5 Å². The van der Waals surface area contributed by atoms with Crippen molar-refractivity contribution in [1.29, 1.82) is 0 Å². The molecule has 0 spiro atoms. The highest BCUT2D eigenvalue weighted by molar-refractivity contribution is 5.28. The van der Waals surface area contributed by atoms with E-state index in [1.54, 1.807) is 6.07 Å². The lowest BCUT2D eigenvalue weighted by atomic mass is 9.81. The van der Waals surface area contributed by atoms with Crippen LogP contribution in [0.3, 0.4) is 0 Å². The van der Waals surface area contributed by atoms with Gasteiger partial charge in [0.1, 0.15) is 5.82 Å². The van der Waals surface area contributed by atoms with Crippen LogP contribution < -0.4 is 11.1 Å². The Hall–Kier alpha value is -0.930. The van der Waals surface area contributed by atoms with Gasteiger partial charge in [0, 0.05) is 12.5 Å². The summed E-state index contributed by atoms with van der Waals surface area (Å²) >= 11 is 0. The van der Waals surface area contributed by atoms with Gasteiger partial charge in [-0.25, -0.2) is 4.39 Å². The van der Waals surface area contributed by atoms with Crippen molar-refractivity contribution >= 4 is 0 Å². The molecule has 1 aliphatic heterocycles. The number of hydrogen-bond acceptors (Lipinski definition) is 2. The lowest BCUT2D eigenvalue weighted by Crippen LogP contribution is -2.38. The second kappa shape index (κ2) is 4.93. The molecule has 2 nitrogen and oxygen atoms in total. The van der Waals surface area contributed by atoms with Gasteiger partial charge in [-0.15, -0.1) is 0 Å². The maximum absolute atomic E-state index is 13.2. The van der Waals surface area contributed by atoms with E-state index in [4.69, 9.17) is 5.73 Å². The van der Waals surface area contributed by atoms with Gasteiger partial charge in [0.05, 0.1) is 0 Å². The minimum atomic E-state index is -0.128. The molecule has 88 valence electrons. The smallest absolute Gasteiger partial charge is 0.126 e. The van der Waals surface area contributed by atoms with Crippen molar-refractivity contribution in [2.75, 3.05) is 19.6 Å². The Labute approximate surface area is 96.0 Å². The average molecular weight is 222 g/mol. The summed E-state index contributed by atoms with van der Waals surface area (Å²) in [6, 6.07) is 5.41. The number of benzene rings is 1. The van der Waals surface area contributed by atoms with E-state index in [0.717, 1.165) is 25.1 Å². The van der Waals surface area contributed by atoms with Crippen molar-refractivity contribution in [2.24, 2.45) is 11.7 Å². The third-order valence-electron chi connectivity index (χ3n) is 3.54. The molecule has 1 fully saturated rings. The molecule has 1 heterocycles. The second-order valence-corrected chi connectivity index (χ2v) is 4.60. The fraction of sp³-hybridized carbons (Fsp3) is 0.538. The molecular weight excluding hydrogens is 203 g/mol. The molecule has 0 aliphatic carbocycles. The highest BCUT2D eigenvalue weighted by atomic mass is 19.1. The lowest BCUT2D eigenvalue weighted by molar-refractivity contribution is 0.331. The van der Waals surface area contributed by atoms with Gasteiger partial charge in [0.15, 0.2) is 0 Å². The minimum Gasteiger partial charge on any atom is -0.330 e. The van der Waals surface area contributed by atoms with Crippen LogP contribution in [0, 0.1) is 18.7 Å². The molecule has 3 heteroatoms. The lowest BCUT2D eigenvalue weighted by Gasteiger charge is -2.31. The number of halogens is 1. The molecule has 1 aromatic rings. The molecule has 1 saturated heterocycles. The normalized spacial score (nSPS) is 25.7. The Morgan fingerprint density at radius 2 is 2.31 bits per heavy atom. The van der Waals surface area contributed by atoms with Gasteiger partial charge < -0.3 is 11.1 Å². The number of hydrogen-bond donors (Lipinski definition) is 2. The largest absolute Gasteiger partial charge is 0.330 e. The molecule has 0 bridgehead atoms. The van der Waals surface area contributed by atoms with E-state index in [0.29, 0.717) is 18.4 Å². The van der Waals surface area contributed by atoms with E-state index in [-0.39, 0.29) is 5.82 Å². The van der Waals surface area contributed by atoms with Crippen LogP contribution in [-0.2, 0) is 0 Å². The summed E-state index contributed by atoms with van der Waals surface area (Å²) < 4.78 is 13.2. The summed E-state index contributed by atoms with van der Waals surface area (Å²) in [6.45, 7) is 4.51. The number of aryl methyl sites for hydroxylation is 1. The van der Waals surface area contributed by atoms with E-state index >= 15 is 0 Å². The van der Waals surface area contributed by atoms with Crippen LogP contribution in [-0.4, -0.2) is 19.6 Å². The Kier molecular flexibility index (Phi) is 3.56. The van der Waals surface area contributed by atoms with Crippen molar-refractivity contribution in [1.82, 2.24) is 5.32 Å². The minimum absolute atomic E-state index is 0.128. The Balaban J connectivity index is 2.23. The summed E-state index contributed by atoms with van der Waals surface area (Å²) in [6.07, 6.45) is 1.11. The van der Waals surface area contributed by atoms with Crippen molar-refractivity contribution < 1.29 is 4.39 Å². The Bertz CT molecular complexity index is 365. The van der Waals surface area contributed by atoms with Gasteiger partial charge in [-0.1, -0.05) is 12.1 Å². The van der Waals surface area contributed by atoms with E-state index in [1.807, 2.05) is 19.1 Å². The van der Waals surface area contributed by atoms with E-state index in [9.17, 15) is 4.39 Å². The first kappa shape index (κ1) is 11.6. The third-order valence-corrected chi connectivity index (χ3v) is 3.54. The highest BCUT2D eigenvalue weighted by Gasteiger charge is 2.25. The fourth-order valence-electron chi connectivity index (χ4n) is 2.48. The zero-order chi connectivity index (χ0) is 11.5. The predicted molar refractivity (Wildman–Crippen MR) is 63.9 cm³/mol. The number of piperidine rings is 1. The highest BCUT2D eigenvalue weighted by Crippen LogP contribution is 2.29. The molecule has 0 saturated carbocycles. The molecule has 16 heavy (non-hydrogen) atoms. The first-order valence-corrected chi connectivity index (χ1v) is 5.89. The van der Waals surface area contributed by atoms with Crippen molar-refractivity contribution in [3.05, 3.63) is 35.1 Å². The van der Waals surface area contributed by atoms with Gasteiger partial charge in [-0.3, -0.25) is 0 Å². The van der Waals surface area contributed by atoms with Gasteiger partial charge in [0.2, 0.25) is 0 Å².